The fourth-order valence-corrected chi connectivity index (χ4v) is 1.88. The molecule has 0 aliphatic rings. The molecule has 0 aromatic heterocycles. The Morgan fingerprint density at radius 1 is 1.36 bits per heavy atom. The summed E-state index contributed by atoms with van der Waals surface area (Å²) in [5.74, 6) is 0.484. The molecule has 1 amide bonds. The minimum atomic E-state index is -0.602. The Balaban J connectivity index is 3.11. The van der Waals surface area contributed by atoms with E-state index in [1.54, 1.807) is 6.92 Å². The van der Waals surface area contributed by atoms with Crippen molar-refractivity contribution < 1.29 is 19.2 Å². The van der Waals surface area contributed by atoms with E-state index in [2.05, 4.69) is 5.32 Å². The first-order chi connectivity index (χ1) is 10.4. The Bertz CT molecular complexity index is 543. The summed E-state index contributed by atoms with van der Waals surface area (Å²) in [6.07, 6.45) is 0.800. The van der Waals surface area contributed by atoms with E-state index in [-0.39, 0.29) is 17.0 Å². The second-order valence-electron chi connectivity index (χ2n) is 5.15. The molecule has 0 fully saturated rings. The average molecular weight is 310 g/mol. The Kier molecular flexibility index (Phi) is 6.62. The monoisotopic (exact) mass is 310 g/mol. The van der Waals surface area contributed by atoms with Crippen LogP contribution in [0.5, 0.6) is 11.5 Å². The van der Waals surface area contributed by atoms with Gasteiger partial charge in [0.15, 0.2) is 11.5 Å². The normalized spacial score (nSPS) is 10.4. The zero-order chi connectivity index (χ0) is 16.7. The lowest BCUT2D eigenvalue weighted by Gasteiger charge is -2.12. The van der Waals surface area contributed by atoms with Crippen LogP contribution < -0.4 is 14.8 Å². The Hall–Kier alpha value is -2.31. The number of carbonyl (C=O) groups excluding carboxylic acids is 1. The van der Waals surface area contributed by atoms with Gasteiger partial charge in [0.2, 0.25) is 0 Å². The summed E-state index contributed by atoms with van der Waals surface area (Å²) in [7, 11) is 1.39. The molecule has 0 radical (unpaired) electrons. The standard InChI is InChI=1S/C15H22N2O5/c1-5-22-14-8-11(15(18)16-7-6-10(2)3)12(17(19)20)9-13(14)21-4/h8-10H,5-7H2,1-4H3,(H,16,18). The van der Waals surface area contributed by atoms with Crippen molar-refractivity contribution in [3.63, 3.8) is 0 Å². The fourth-order valence-electron chi connectivity index (χ4n) is 1.88. The van der Waals surface area contributed by atoms with Gasteiger partial charge in [-0.3, -0.25) is 14.9 Å². The summed E-state index contributed by atoms with van der Waals surface area (Å²) in [6.45, 7) is 6.68. The van der Waals surface area contributed by atoms with Crippen molar-refractivity contribution in [2.75, 3.05) is 20.3 Å². The number of ether oxygens (including phenoxy) is 2. The van der Waals surface area contributed by atoms with Crippen LogP contribution in [0.3, 0.4) is 0 Å². The predicted octanol–water partition coefficient (Wildman–Crippen LogP) is 2.78. The molecule has 0 aliphatic heterocycles. The molecule has 0 spiro atoms. The third-order valence-corrected chi connectivity index (χ3v) is 3.03. The number of carbonyl (C=O) groups is 1. The van der Waals surface area contributed by atoms with Crippen molar-refractivity contribution in [1.29, 1.82) is 0 Å². The summed E-state index contributed by atoms with van der Waals surface area (Å²) in [5, 5.41) is 13.9. The van der Waals surface area contributed by atoms with Crippen LogP contribution in [0.15, 0.2) is 12.1 Å². The van der Waals surface area contributed by atoms with Crippen LogP contribution in [-0.2, 0) is 0 Å². The lowest BCUT2D eigenvalue weighted by atomic mass is 10.1. The number of benzene rings is 1. The smallest absolute Gasteiger partial charge is 0.286 e. The number of amides is 1. The van der Waals surface area contributed by atoms with E-state index < -0.39 is 10.8 Å². The second-order valence-corrected chi connectivity index (χ2v) is 5.15. The topological polar surface area (TPSA) is 90.7 Å². The number of nitro groups is 1. The molecule has 0 heterocycles. The molecule has 7 nitrogen and oxygen atoms in total. The fraction of sp³-hybridized carbons (Fsp3) is 0.533. The van der Waals surface area contributed by atoms with Gasteiger partial charge in [0.25, 0.3) is 11.6 Å². The van der Waals surface area contributed by atoms with Gasteiger partial charge in [-0.15, -0.1) is 0 Å². The van der Waals surface area contributed by atoms with Crippen LogP contribution in [0.4, 0.5) is 5.69 Å². The van der Waals surface area contributed by atoms with E-state index in [0.29, 0.717) is 24.8 Å². The van der Waals surface area contributed by atoms with Gasteiger partial charge < -0.3 is 14.8 Å². The number of hydrogen-bond acceptors (Lipinski definition) is 5. The molecule has 0 atom stereocenters. The van der Waals surface area contributed by atoms with E-state index in [0.717, 1.165) is 6.42 Å². The van der Waals surface area contributed by atoms with E-state index in [9.17, 15) is 14.9 Å². The largest absolute Gasteiger partial charge is 0.493 e. The number of hydrogen-bond donors (Lipinski definition) is 1. The van der Waals surface area contributed by atoms with Crippen LogP contribution in [0.25, 0.3) is 0 Å². The molecule has 1 aromatic rings. The van der Waals surface area contributed by atoms with Crippen molar-refractivity contribution in [2.24, 2.45) is 5.92 Å². The Morgan fingerprint density at radius 3 is 2.55 bits per heavy atom. The third-order valence-electron chi connectivity index (χ3n) is 3.03. The average Bonchev–Trinajstić information content (AvgIpc) is 2.46. The first kappa shape index (κ1) is 17.7. The molecule has 1 N–H and O–H groups in total. The van der Waals surface area contributed by atoms with E-state index in [1.807, 2.05) is 13.8 Å². The highest BCUT2D eigenvalue weighted by atomic mass is 16.6. The van der Waals surface area contributed by atoms with Gasteiger partial charge in [-0.1, -0.05) is 13.8 Å². The molecular weight excluding hydrogens is 288 g/mol. The summed E-state index contributed by atoms with van der Waals surface area (Å²) in [6, 6.07) is 2.56. The Labute approximate surface area is 129 Å². The maximum absolute atomic E-state index is 12.2. The maximum Gasteiger partial charge on any atom is 0.286 e. The molecule has 0 unspecified atom stereocenters. The lowest BCUT2D eigenvalue weighted by molar-refractivity contribution is -0.385. The van der Waals surface area contributed by atoms with Gasteiger partial charge in [-0.2, -0.15) is 0 Å². The molecule has 22 heavy (non-hydrogen) atoms. The van der Waals surface area contributed by atoms with E-state index >= 15 is 0 Å². The van der Waals surface area contributed by atoms with Crippen molar-refractivity contribution in [2.45, 2.75) is 27.2 Å². The summed E-state index contributed by atoms with van der Waals surface area (Å²) in [4.78, 5) is 22.8. The van der Waals surface area contributed by atoms with Crippen LogP contribution in [-0.4, -0.2) is 31.1 Å². The highest BCUT2D eigenvalue weighted by Crippen LogP contribution is 2.34. The molecule has 0 bridgehead atoms. The first-order valence-electron chi connectivity index (χ1n) is 7.18. The number of methoxy groups -OCH3 is 1. The van der Waals surface area contributed by atoms with Crippen LogP contribution in [0.2, 0.25) is 0 Å². The van der Waals surface area contributed by atoms with Crippen molar-refractivity contribution in [1.82, 2.24) is 5.32 Å². The van der Waals surface area contributed by atoms with Crippen LogP contribution in [0.1, 0.15) is 37.6 Å². The predicted molar refractivity (Wildman–Crippen MR) is 82.6 cm³/mol. The maximum atomic E-state index is 12.2. The van der Waals surface area contributed by atoms with Gasteiger partial charge in [-0.05, 0) is 19.3 Å². The zero-order valence-electron chi connectivity index (χ0n) is 13.3. The number of rotatable bonds is 8. The van der Waals surface area contributed by atoms with Crippen molar-refractivity contribution in [3.05, 3.63) is 27.8 Å². The van der Waals surface area contributed by atoms with Crippen molar-refractivity contribution in [3.8, 4) is 11.5 Å². The summed E-state index contributed by atoms with van der Waals surface area (Å²) in [5.41, 5.74) is -0.333. The quantitative estimate of drug-likeness (QED) is 0.589. The van der Waals surface area contributed by atoms with Gasteiger partial charge in [0.1, 0.15) is 5.56 Å². The number of nitrogens with zero attached hydrogens (tertiary/aromatic N) is 1. The van der Waals surface area contributed by atoms with E-state index in [4.69, 9.17) is 9.47 Å². The molecule has 0 aliphatic carbocycles. The minimum absolute atomic E-state index is 0.0296. The SMILES string of the molecule is CCOc1cc(C(=O)NCCC(C)C)c([N+](=O)[O-])cc1OC. The summed E-state index contributed by atoms with van der Waals surface area (Å²) >= 11 is 0. The zero-order valence-corrected chi connectivity index (χ0v) is 13.3. The molecule has 0 saturated carbocycles. The molecule has 122 valence electrons. The number of nitrogens with one attached hydrogen (secondary N) is 1. The van der Waals surface area contributed by atoms with Gasteiger partial charge in [-0.25, -0.2) is 0 Å². The highest BCUT2D eigenvalue weighted by Gasteiger charge is 2.24. The minimum Gasteiger partial charge on any atom is -0.493 e. The molecule has 1 aromatic carbocycles. The number of nitro benzene ring substituents is 1. The van der Waals surface area contributed by atoms with E-state index in [1.165, 1.54) is 19.2 Å². The molecular formula is C15H22N2O5. The van der Waals surface area contributed by atoms with Crippen LogP contribution in [0, 0.1) is 16.0 Å². The van der Waals surface area contributed by atoms with Gasteiger partial charge in [0, 0.05) is 12.6 Å². The van der Waals surface area contributed by atoms with Crippen molar-refractivity contribution >= 4 is 11.6 Å². The molecule has 7 heteroatoms. The second kappa shape index (κ2) is 8.21. The highest BCUT2D eigenvalue weighted by molar-refractivity contribution is 5.99. The molecule has 1 rings (SSSR count). The van der Waals surface area contributed by atoms with Crippen LogP contribution >= 0.6 is 0 Å². The van der Waals surface area contributed by atoms with Gasteiger partial charge in [0.05, 0.1) is 24.7 Å². The molecule has 0 saturated heterocycles. The Morgan fingerprint density at radius 2 is 2.05 bits per heavy atom. The third kappa shape index (κ3) is 4.61. The lowest BCUT2D eigenvalue weighted by Crippen LogP contribution is -2.26. The van der Waals surface area contributed by atoms with Gasteiger partial charge >= 0.3 is 0 Å². The summed E-state index contributed by atoms with van der Waals surface area (Å²) < 4.78 is 10.4. The first-order valence-corrected chi connectivity index (χ1v) is 7.18.